The molecule has 1 atom stereocenters. The van der Waals surface area contributed by atoms with Crippen LogP contribution in [0.4, 0.5) is 17.6 Å². The Balaban J connectivity index is 2.28. The topological polar surface area (TPSA) is 55.4 Å². The molecule has 0 radical (unpaired) electrons. The summed E-state index contributed by atoms with van der Waals surface area (Å²) in [6.07, 6.45) is 6.66. The van der Waals surface area contributed by atoms with Gasteiger partial charge in [0.25, 0.3) is 5.91 Å². The first-order chi connectivity index (χ1) is 14.6. The zero-order chi connectivity index (χ0) is 23.3. The molecular formula is C23H33F4NO3. The standard InChI is InChI=1S/C23H33F4NO3/c1-3-4-5-6-7-8-9-10-11-12-13-31-22(30)17(2)28-21(29)18-14-19(23(25,26)27)16-20(24)15-18/h14-17H,3-13H2,1-2H3,(H,28,29). The lowest BCUT2D eigenvalue weighted by atomic mass is 10.1. The van der Waals surface area contributed by atoms with Gasteiger partial charge in [-0.3, -0.25) is 4.79 Å². The predicted octanol–water partition coefficient (Wildman–Crippen LogP) is 6.43. The molecule has 0 bridgehead atoms. The van der Waals surface area contributed by atoms with Gasteiger partial charge in [0.1, 0.15) is 11.9 Å². The highest BCUT2D eigenvalue weighted by Gasteiger charge is 2.32. The van der Waals surface area contributed by atoms with E-state index in [1.807, 2.05) is 0 Å². The molecule has 1 N–H and O–H groups in total. The zero-order valence-corrected chi connectivity index (χ0v) is 18.3. The second-order valence-corrected chi connectivity index (χ2v) is 7.77. The number of hydrogen-bond donors (Lipinski definition) is 1. The smallest absolute Gasteiger partial charge is 0.416 e. The highest BCUT2D eigenvalue weighted by atomic mass is 19.4. The van der Waals surface area contributed by atoms with Gasteiger partial charge in [-0.25, -0.2) is 9.18 Å². The molecular weight excluding hydrogens is 414 g/mol. The lowest BCUT2D eigenvalue weighted by Crippen LogP contribution is -2.39. The van der Waals surface area contributed by atoms with E-state index in [1.165, 1.54) is 45.4 Å². The summed E-state index contributed by atoms with van der Waals surface area (Å²) < 4.78 is 56.8. The fraction of sp³-hybridized carbons (Fsp3) is 0.652. The highest BCUT2D eigenvalue weighted by molar-refractivity contribution is 5.96. The molecule has 8 heteroatoms. The molecule has 1 rings (SSSR count). The molecule has 0 spiro atoms. The van der Waals surface area contributed by atoms with Gasteiger partial charge < -0.3 is 10.1 Å². The van der Waals surface area contributed by atoms with Crippen molar-refractivity contribution < 1.29 is 31.9 Å². The zero-order valence-electron chi connectivity index (χ0n) is 18.3. The van der Waals surface area contributed by atoms with Crippen LogP contribution >= 0.6 is 0 Å². The fourth-order valence-electron chi connectivity index (χ4n) is 3.11. The van der Waals surface area contributed by atoms with Crippen LogP contribution in [0.2, 0.25) is 0 Å². The van der Waals surface area contributed by atoms with Crippen molar-refractivity contribution in [1.82, 2.24) is 5.32 Å². The van der Waals surface area contributed by atoms with Crippen molar-refractivity contribution >= 4 is 11.9 Å². The maximum Gasteiger partial charge on any atom is 0.416 e. The minimum absolute atomic E-state index is 0.216. The summed E-state index contributed by atoms with van der Waals surface area (Å²) in [6.45, 7) is 3.77. The number of carbonyl (C=O) groups excluding carboxylic acids is 2. The van der Waals surface area contributed by atoms with E-state index in [0.717, 1.165) is 19.3 Å². The van der Waals surface area contributed by atoms with E-state index in [1.54, 1.807) is 0 Å². The second-order valence-electron chi connectivity index (χ2n) is 7.77. The summed E-state index contributed by atoms with van der Waals surface area (Å²) in [5.74, 6) is -2.85. The number of ether oxygens (including phenoxy) is 1. The molecule has 0 saturated carbocycles. The number of amides is 1. The Hall–Kier alpha value is -2.12. The molecule has 0 heterocycles. The largest absolute Gasteiger partial charge is 0.464 e. The molecule has 0 saturated heterocycles. The third kappa shape index (κ3) is 11.2. The minimum atomic E-state index is -4.78. The van der Waals surface area contributed by atoms with E-state index < -0.39 is 41.0 Å². The Morgan fingerprint density at radius 1 is 0.935 bits per heavy atom. The van der Waals surface area contributed by atoms with Crippen molar-refractivity contribution in [2.45, 2.75) is 90.3 Å². The Kier molecular flexibility index (Phi) is 12.2. The summed E-state index contributed by atoms with van der Waals surface area (Å²) in [7, 11) is 0. The molecule has 0 aliphatic rings. The summed E-state index contributed by atoms with van der Waals surface area (Å²) >= 11 is 0. The minimum Gasteiger partial charge on any atom is -0.464 e. The number of esters is 1. The van der Waals surface area contributed by atoms with E-state index in [-0.39, 0.29) is 6.61 Å². The maximum absolute atomic E-state index is 13.4. The summed E-state index contributed by atoms with van der Waals surface area (Å²) in [4.78, 5) is 24.1. The van der Waals surface area contributed by atoms with Crippen LogP contribution in [-0.4, -0.2) is 24.5 Å². The van der Waals surface area contributed by atoms with E-state index in [4.69, 9.17) is 4.74 Å². The first-order valence-electron chi connectivity index (χ1n) is 11.0. The van der Waals surface area contributed by atoms with Crippen LogP contribution in [0, 0.1) is 5.82 Å². The van der Waals surface area contributed by atoms with Crippen LogP contribution in [0.5, 0.6) is 0 Å². The van der Waals surface area contributed by atoms with Crippen LogP contribution in [-0.2, 0) is 15.7 Å². The predicted molar refractivity (Wildman–Crippen MR) is 111 cm³/mol. The molecule has 31 heavy (non-hydrogen) atoms. The number of nitrogens with one attached hydrogen (secondary N) is 1. The summed E-state index contributed by atoms with van der Waals surface area (Å²) in [5, 5.41) is 2.24. The van der Waals surface area contributed by atoms with Gasteiger partial charge in [-0.05, 0) is 31.5 Å². The van der Waals surface area contributed by atoms with Crippen LogP contribution < -0.4 is 5.32 Å². The molecule has 1 aromatic carbocycles. The Morgan fingerprint density at radius 3 is 2.03 bits per heavy atom. The van der Waals surface area contributed by atoms with Crippen molar-refractivity contribution in [3.63, 3.8) is 0 Å². The lowest BCUT2D eigenvalue weighted by molar-refractivity contribution is -0.145. The number of hydrogen-bond acceptors (Lipinski definition) is 3. The maximum atomic E-state index is 13.4. The number of halogens is 4. The Morgan fingerprint density at radius 2 is 1.48 bits per heavy atom. The van der Waals surface area contributed by atoms with E-state index in [9.17, 15) is 27.2 Å². The summed E-state index contributed by atoms with van der Waals surface area (Å²) in [6, 6.07) is 0.474. The van der Waals surface area contributed by atoms with Crippen molar-refractivity contribution in [2.24, 2.45) is 0 Å². The molecule has 1 unspecified atom stereocenters. The van der Waals surface area contributed by atoms with Crippen LogP contribution in [0.1, 0.15) is 94.0 Å². The molecule has 1 aromatic rings. The SMILES string of the molecule is CCCCCCCCCCCCOC(=O)C(C)NC(=O)c1cc(F)cc(C(F)(F)F)c1. The Labute approximate surface area is 181 Å². The van der Waals surface area contributed by atoms with Gasteiger partial charge in [0.15, 0.2) is 0 Å². The van der Waals surface area contributed by atoms with E-state index in [0.29, 0.717) is 24.6 Å². The van der Waals surface area contributed by atoms with Crippen LogP contribution in [0.25, 0.3) is 0 Å². The number of rotatable bonds is 14. The van der Waals surface area contributed by atoms with Crippen molar-refractivity contribution in [3.05, 3.63) is 35.1 Å². The van der Waals surface area contributed by atoms with Gasteiger partial charge in [-0.1, -0.05) is 64.7 Å². The normalized spacial score (nSPS) is 12.5. The van der Waals surface area contributed by atoms with Crippen molar-refractivity contribution in [1.29, 1.82) is 0 Å². The van der Waals surface area contributed by atoms with Crippen molar-refractivity contribution in [2.75, 3.05) is 6.61 Å². The van der Waals surface area contributed by atoms with Gasteiger partial charge in [0.05, 0.1) is 12.2 Å². The first-order valence-corrected chi connectivity index (χ1v) is 11.0. The Bertz CT molecular complexity index is 692. The average Bonchev–Trinajstić information content (AvgIpc) is 2.70. The molecule has 4 nitrogen and oxygen atoms in total. The number of carbonyl (C=O) groups is 2. The average molecular weight is 448 g/mol. The van der Waals surface area contributed by atoms with Crippen molar-refractivity contribution in [3.8, 4) is 0 Å². The van der Waals surface area contributed by atoms with E-state index >= 15 is 0 Å². The van der Waals surface area contributed by atoms with Gasteiger partial charge in [0, 0.05) is 5.56 Å². The quantitative estimate of drug-likeness (QED) is 0.203. The van der Waals surface area contributed by atoms with Gasteiger partial charge in [-0.15, -0.1) is 0 Å². The number of alkyl halides is 3. The third-order valence-electron chi connectivity index (χ3n) is 4.93. The molecule has 176 valence electrons. The molecule has 0 aliphatic carbocycles. The number of benzene rings is 1. The fourth-order valence-corrected chi connectivity index (χ4v) is 3.11. The molecule has 0 aliphatic heterocycles. The third-order valence-corrected chi connectivity index (χ3v) is 4.93. The lowest BCUT2D eigenvalue weighted by Gasteiger charge is -2.14. The molecule has 1 amide bonds. The van der Waals surface area contributed by atoms with Crippen LogP contribution in [0.3, 0.4) is 0 Å². The van der Waals surface area contributed by atoms with Crippen LogP contribution in [0.15, 0.2) is 18.2 Å². The van der Waals surface area contributed by atoms with E-state index in [2.05, 4.69) is 12.2 Å². The van der Waals surface area contributed by atoms with Gasteiger partial charge in [0.2, 0.25) is 0 Å². The molecule has 0 aromatic heterocycles. The second kappa shape index (κ2) is 14.0. The summed E-state index contributed by atoms with van der Waals surface area (Å²) in [5.41, 5.74) is -1.78. The first kappa shape index (κ1) is 26.9. The van der Waals surface area contributed by atoms with Gasteiger partial charge >= 0.3 is 12.1 Å². The monoisotopic (exact) mass is 447 g/mol. The number of unbranched alkanes of at least 4 members (excludes halogenated alkanes) is 9. The van der Waals surface area contributed by atoms with Gasteiger partial charge in [-0.2, -0.15) is 13.2 Å². The highest BCUT2D eigenvalue weighted by Crippen LogP contribution is 2.30. The molecule has 0 fully saturated rings.